The third-order valence-electron chi connectivity index (χ3n) is 2.95. The van der Waals surface area contributed by atoms with Crippen LogP contribution in [0.15, 0.2) is 42.5 Å². The van der Waals surface area contributed by atoms with Crippen LogP contribution in [0.2, 0.25) is 0 Å². The maximum Gasteiger partial charge on any atom is 0.260 e. The highest BCUT2D eigenvalue weighted by molar-refractivity contribution is 6.06. The molecule has 0 bridgehead atoms. The van der Waals surface area contributed by atoms with E-state index in [9.17, 15) is 9.18 Å². The topological polar surface area (TPSA) is 46.3 Å². The minimum absolute atomic E-state index is 0.0114. The molecule has 0 saturated heterocycles. The van der Waals surface area contributed by atoms with Gasteiger partial charge in [0.25, 0.3) is 5.91 Å². The second-order valence-electron chi connectivity index (χ2n) is 4.44. The van der Waals surface area contributed by atoms with Crippen molar-refractivity contribution in [2.75, 3.05) is 17.7 Å². The molecular formula is C15H15FN2O. The Morgan fingerprint density at radius 1 is 1.16 bits per heavy atom. The number of aryl methyl sites for hydroxylation is 1. The lowest BCUT2D eigenvalue weighted by molar-refractivity contribution is 0.0989. The molecule has 0 aliphatic rings. The average molecular weight is 258 g/mol. The molecule has 0 aromatic heterocycles. The van der Waals surface area contributed by atoms with Crippen LogP contribution in [0.1, 0.15) is 15.9 Å². The van der Waals surface area contributed by atoms with Gasteiger partial charge in [-0.1, -0.05) is 17.7 Å². The molecule has 0 aliphatic carbocycles. The lowest BCUT2D eigenvalue weighted by Crippen LogP contribution is -2.27. The molecule has 2 aromatic rings. The van der Waals surface area contributed by atoms with Crippen molar-refractivity contribution in [1.82, 2.24) is 0 Å². The predicted molar refractivity (Wildman–Crippen MR) is 74.7 cm³/mol. The SMILES string of the molecule is Cc1ccc(N(C)C(=O)c2ccc(N)cc2F)cc1. The Balaban J connectivity index is 2.30. The zero-order chi connectivity index (χ0) is 14.0. The number of benzene rings is 2. The van der Waals surface area contributed by atoms with E-state index in [2.05, 4.69) is 0 Å². The number of amides is 1. The van der Waals surface area contributed by atoms with Gasteiger partial charge in [0.2, 0.25) is 0 Å². The van der Waals surface area contributed by atoms with Crippen LogP contribution in [0.3, 0.4) is 0 Å². The van der Waals surface area contributed by atoms with Gasteiger partial charge in [-0.2, -0.15) is 0 Å². The molecule has 2 rings (SSSR count). The summed E-state index contributed by atoms with van der Waals surface area (Å²) in [6, 6.07) is 11.5. The molecule has 2 aromatic carbocycles. The summed E-state index contributed by atoms with van der Waals surface area (Å²) in [6.07, 6.45) is 0. The van der Waals surface area contributed by atoms with Crippen LogP contribution in [0.4, 0.5) is 15.8 Å². The Morgan fingerprint density at radius 2 is 1.79 bits per heavy atom. The molecular weight excluding hydrogens is 243 g/mol. The lowest BCUT2D eigenvalue weighted by Gasteiger charge is -2.18. The zero-order valence-electron chi connectivity index (χ0n) is 10.9. The van der Waals surface area contributed by atoms with Gasteiger partial charge in [-0.15, -0.1) is 0 Å². The molecule has 0 heterocycles. The highest BCUT2D eigenvalue weighted by Crippen LogP contribution is 2.19. The number of anilines is 2. The van der Waals surface area contributed by atoms with Gasteiger partial charge in [0.1, 0.15) is 5.82 Å². The quantitative estimate of drug-likeness (QED) is 0.842. The molecule has 98 valence electrons. The van der Waals surface area contributed by atoms with Crippen LogP contribution in [-0.4, -0.2) is 13.0 Å². The van der Waals surface area contributed by atoms with E-state index >= 15 is 0 Å². The van der Waals surface area contributed by atoms with E-state index in [1.165, 1.54) is 17.0 Å². The second-order valence-corrected chi connectivity index (χ2v) is 4.44. The molecule has 0 unspecified atom stereocenters. The summed E-state index contributed by atoms with van der Waals surface area (Å²) in [5, 5.41) is 0. The summed E-state index contributed by atoms with van der Waals surface area (Å²) in [5.74, 6) is -1.01. The van der Waals surface area contributed by atoms with Crippen molar-refractivity contribution >= 4 is 17.3 Å². The number of carbonyl (C=O) groups excluding carboxylic acids is 1. The first-order valence-corrected chi connectivity index (χ1v) is 5.89. The summed E-state index contributed by atoms with van der Waals surface area (Å²) in [4.78, 5) is 13.6. The van der Waals surface area contributed by atoms with Gasteiger partial charge >= 0.3 is 0 Å². The van der Waals surface area contributed by atoms with Crippen LogP contribution in [0.25, 0.3) is 0 Å². The van der Waals surface area contributed by atoms with E-state index in [0.717, 1.165) is 11.6 Å². The summed E-state index contributed by atoms with van der Waals surface area (Å²) in [7, 11) is 1.61. The van der Waals surface area contributed by atoms with E-state index < -0.39 is 11.7 Å². The predicted octanol–water partition coefficient (Wildman–Crippen LogP) is 2.99. The summed E-state index contributed by atoms with van der Waals surface area (Å²) < 4.78 is 13.7. The molecule has 0 radical (unpaired) electrons. The number of hydrogen-bond acceptors (Lipinski definition) is 2. The lowest BCUT2D eigenvalue weighted by atomic mass is 10.1. The van der Waals surface area contributed by atoms with E-state index in [1.54, 1.807) is 7.05 Å². The third-order valence-corrected chi connectivity index (χ3v) is 2.95. The van der Waals surface area contributed by atoms with E-state index in [1.807, 2.05) is 31.2 Å². The highest BCUT2D eigenvalue weighted by Gasteiger charge is 2.17. The molecule has 0 atom stereocenters. The van der Waals surface area contributed by atoms with Gasteiger partial charge in [-0.25, -0.2) is 4.39 Å². The molecule has 0 spiro atoms. The molecule has 4 heteroatoms. The van der Waals surface area contributed by atoms with Gasteiger partial charge < -0.3 is 10.6 Å². The average Bonchev–Trinajstić information content (AvgIpc) is 2.38. The number of rotatable bonds is 2. The maximum atomic E-state index is 13.7. The van der Waals surface area contributed by atoms with E-state index in [-0.39, 0.29) is 5.56 Å². The van der Waals surface area contributed by atoms with Crippen LogP contribution < -0.4 is 10.6 Å². The van der Waals surface area contributed by atoms with Gasteiger partial charge in [-0.3, -0.25) is 4.79 Å². The van der Waals surface area contributed by atoms with Crippen molar-refractivity contribution in [3.05, 3.63) is 59.4 Å². The standard InChI is InChI=1S/C15H15FN2O/c1-10-3-6-12(7-4-10)18(2)15(19)13-8-5-11(17)9-14(13)16/h3-9H,17H2,1-2H3. The minimum Gasteiger partial charge on any atom is -0.399 e. The summed E-state index contributed by atoms with van der Waals surface area (Å²) >= 11 is 0. The Hall–Kier alpha value is -2.36. The van der Waals surface area contributed by atoms with Gasteiger partial charge in [0.05, 0.1) is 5.56 Å². The number of halogens is 1. The van der Waals surface area contributed by atoms with Crippen LogP contribution in [-0.2, 0) is 0 Å². The normalized spacial score (nSPS) is 10.3. The fraction of sp³-hybridized carbons (Fsp3) is 0.133. The molecule has 0 aliphatic heterocycles. The van der Waals surface area contributed by atoms with Crippen LogP contribution >= 0.6 is 0 Å². The van der Waals surface area contributed by atoms with Crippen molar-refractivity contribution in [1.29, 1.82) is 0 Å². The number of carbonyl (C=O) groups is 1. The Labute approximate surface area is 111 Å². The molecule has 0 saturated carbocycles. The van der Waals surface area contributed by atoms with E-state index in [0.29, 0.717) is 11.4 Å². The number of hydrogen-bond donors (Lipinski definition) is 1. The fourth-order valence-electron chi connectivity index (χ4n) is 1.77. The first kappa shape index (κ1) is 13.1. The minimum atomic E-state index is -0.607. The largest absolute Gasteiger partial charge is 0.399 e. The Bertz CT molecular complexity index is 608. The first-order chi connectivity index (χ1) is 8.99. The van der Waals surface area contributed by atoms with Crippen molar-refractivity contribution in [2.45, 2.75) is 6.92 Å². The third kappa shape index (κ3) is 2.73. The van der Waals surface area contributed by atoms with Crippen molar-refractivity contribution in [3.8, 4) is 0 Å². The summed E-state index contributed by atoms with van der Waals surface area (Å²) in [6.45, 7) is 1.96. The molecule has 1 amide bonds. The molecule has 2 N–H and O–H groups in total. The Kier molecular flexibility index (Phi) is 3.51. The van der Waals surface area contributed by atoms with Gasteiger partial charge in [0, 0.05) is 18.4 Å². The zero-order valence-corrected chi connectivity index (χ0v) is 10.9. The maximum absolute atomic E-state index is 13.7. The number of nitrogens with two attached hydrogens (primary N) is 1. The fourth-order valence-corrected chi connectivity index (χ4v) is 1.77. The number of nitrogen functional groups attached to an aromatic ring is 1. The van der Waals surface area contributed by atoms with E-state index in [4.69, 9.17) is 5.73 Å². The smallest absolute Gasteiger partial charge is 0.260 e. The van der Waals surface area contributed by atoms with Crippen molar-refractivity contribution in [3.63, 3.8) is 0 Å². The van der Waals surface area contributed by atoms with Crippen LogP contribution in [0.5, 0.6) is 0 Å². The van der Waals surface area contributed by atoms with Gasteiger partial charge in [0.15, 0.2) is 0 Å². The highest BCUT2D eigenvalue weighted by atomic mass is 19.1. The van der Waals surface area contributed by atoms with Crippen LogP contribution in [0, 0.1) is 12.7 Å². The second kappa shape index (κ2) is 5.10. The van der Waals surface area contributed by atoms with Crippen molar-refractivity contribution in [2.24, 2.45) is 0 Å². The molecule has 0 fully saturated rings. The first-order valence-electron chi connectivity index (χ1n) is 5.89. The van der Waals surface area contributed by atoms with Gasteiger partial charge in [-0.05, 0) is 37.3 Å². The Morgan fingerprint density at radius 3 is 2.37 bits per heavy atom. The molecule has 19 heavy (non-hydrogen) atoms. The molecule has 3 nitrogen and oxygen atoms in total. The van der Waals surface area contributed by atoms with Crippen molar-refractivity contribution < 1.29 is 9.18 Å². The summed E-state index contributed by atoms with van der Waals surface area (Å²) in [5.41, 5.74) is 7.59. The number of nitrogens with zero attached hydrogens (tertiary/aromatic N) is 1. The monoisotopic (exact) mass is 258 g/mol.